The van der Waals surface area contributed by atoms with E-state index in [1.165, 1.54) is 0 Å². The molecule has 8 rings (SSSR count). The van der Waals surface area contributed by atoms with Crippen LogP contribution in [0.25, 0.3) is 78.4 Å². The molecule has 0 saturated carbocycles. The molecule has 3 aromatic heterocycles. The van der Waals surface area contributed by atoms with Gasteiger partial charge in [-0.15, -0.1) is 0 Å². The average molecular weight is 516 g/mol. The maximum atomic E-state index is 6.26. The minimum atomic E-state index is 0.604. The summed E-state index contributed by atoms with van der Waals surface area (Å²) in [6.07, 6.45) is 0. The fraction of sp³-hybridized carbons (Fsp3) is 0. The molecule has 0 amide bonds. The lowest BCUT2D eigenvalue weighted by molar-refractivity contribution is 0.620. The Morgan fingerprint density at radius 2 is 1.10 bits per heavy atom. The monoisotopic (exact) mass is 515 g/mol. The predicted octanol–water partition coefficient (Wildman–Crippen LogP) is 9.19. The number of fused-ring (bicyclic) bond motifs is 4. The molecule has 0 aliphatic rings. The average Bonchev–Trinajstić information content (AvgIpc) is 3.63. The molecule has 0 N–H and O–H groups in total. The number of nitrogens with zero attached hydrogens (tertiary/aromatic N) is 3. The van der Waals surface area contributed by atoms with Crippen molar-refractivity contribution in [2.75, 3.05) is 0 Å². The highest BCUT2D eigenvalue weighted by Gasteiger charge is 2.18. The van der Waals surface area contributed by atoms with Crippen LogP contribution < -0.4 is 0 Å². The van der Waals surface area contributed by atoms with E-state index >= 15 is 0 Å². The first-order chi connectivity index (χ1) is 19.8. The van der Waals surface area contributed by atoms with Crippen LogP contribution in [-0.2, 0) is 0 Å². The van der Waals surface area contributed by atoms with Crippen molar-refractivity contribution < 1.29 is 8.83 Å². The van der Waals surface area contributed by atoms with Crippen LogP contribution in [0.2, 0.25) is 0 Å². The van der Waals surface area contributed by atoms with Gasteiger partial charge in [-0.05, 0) is 53.6 Å². The fourth-order valence-corrected chi connectivity index (χ4v) is 5.18. The summed E-state index contributed by atoms with van der Waals surface area (Å²) in [7, 11) is 0. The molecule has 5 aromatic carbocycles. The zero-order valence-electron chi connectivity index (χ0n) is 21.3. The second-order valence-corrected chi connectivity index (χ2v) is 9.69. The molecular formula is C35H21N3O2. The van der Waals surface area contributed by atoms with Gasteiger partial charge < -0.3 is 8.83 Å². The first-order valence-electron chi connectivity index (χ1n) is 13.1. The predicted molar refractivity (Wildman–Crippen MR) is 159 cm³/mol. The maximum Gasteiger partial charge on any atom is 0.227 e. The van der Waals surface area contributed by atoms with E-state index in [9.17, 15) is 0 Å². The van der Waals surface area contributed by atoms with E-state index in [1.54, 1.807) is 0 Å². The lowest BCUT2D eigenvalue weighted by atomic mass is 10.0. The highest BCUT2D eigenvalue weighted by molar-refractivity contribution is 6.07. The number of aromatic nitrogens is 3. The van der Waals surface area contributed by atoms with E-state index in [0.29, 0.717) is 17.3 Å². The van der Waals surface area contributed by atoms with E-state index in [1.807, 2.05) is 103 Å². The van der Waals surface area contributed by atoms with Crippen molar-refractivity contribution in [3.05, 3.63) is 127 Å². The summed E-state index contributed by atoms with van der Waals surface area (Å²) in [5.41, 5.74) is 9.64. The van der Waals surface area contributed by atoms with Gasteiger partial charge in [-0.2, -0.15) is 0 Å². The number of furan rings is 1. The molecule has 3 heterocycles. The highest BCUT2D eigenvalue weighted by atomic mass is 16.3. The number of oxazole rings is 1. The maximum absolute atomic E-state index is 6.26. The Balaban J connectivity index is 1.26. The van der Waals surface area contributed by atoms with Gasteiger partial charge in [0.2, 0.25) is 5.89 Å². The number of hydrogen-bond acceptors (Lipinski definition) is 5. The molecule has 0 atom stereocenters. The van der Waals surface area contributed by atoms with Crippen molar-refractivity contribution in [1.29, 1.82) is 0 Å². The molecule has 0 unspecified atom stereocenters. The van der Waals surface area contributed by atoms with Crippen LogP contribution in [0.15, 0.2) is 136 Å². The Hall–Kier alpha value is -5.55. The molecule has 188 valence electrons. The Morgan fingerprint density at radius 1 is 0.450 bits per heavy atom. The first-order valence-corrected chi connectivity index (χ1v) is 13.1. The Bertz CT molecular complexity index is 2140. The van der Waals surface area contributed by atoms with Crippen LogP contribution in [0.1, 0.15) is 0 Å². The summed E-state index contributed by atoms with van der Waals surface area (Å²) in [6, 6.07) is 42.5. The Morgan fingerprint density at radius 3 is 1.93 bits per heavy atom. The smallest absolute Gasteiger partial charge is 0.227 e. The largest absolute Gasteiger partial charge is 0.452 e. The first kappa shape index (κ1) is 22.4. The zero-order valence-corrected chi connectivity index (χ0v) is 21.3. The summed E-state index contributed by atoms with van der Waals surface area (Å²) in [5.74, 6) is 1.25. The van der Waals surface area contributed by atoms with Gasteiger partial charge in [0.25, 0.3) is 0 Å². The molecule has 5 heteroatoms. The van der Waals surface area contributed by atoms with Crippen LogP contribution in [0.3, 0.4) is 0 Å². The SMILES string of the molecule is c1ccc(-c2nc(-c3cccc(-c4cccc(-c5nc6ccccc6o5)c4)c3)nc3c2oc2ccccc23)cc1. The molecule has 0 fully saturated rings. The Kier molecular flexibility index (Phi) is 5.07. The zero-order chi connectivity index (χ0) is 26.5. The molecule has 0 aliphatic carbocycles. The molecule has 0 bridgehead atoms. The standard InChI is InChI=1S/C35H21N3O2/c1-2-10-22(11-3-1)31-33-32(27-16-4-6-18-29(27)39-33)38-34(37-31)25-14-8-12-23(20-25)24-13-9-15-26(21-24)35-36-28-17-5-7-19-30(28)40-35/h1-21H. The van der Waals surface area contributed by atoms with Gasteiger partial charge in [0.05, 0.1) is 0 Å². The number of hydrogen-bond donors (Lipinski definition) is 0. The van der Waals surface area contributed by atoms with E-state index in [2.05, 4.69) is 29.2 Å². The lowest BCUT2D eigenvalue weighted by Crippen LogP contribution is -1.94. The van der Waals surface area contributed by atoms with Crippen molar-refractivity contribution in [3.8, 4) is 45.2 Å². The topological polar surface area (TPSA) is 65.0 Å². The second kappa shape index (κ2) is 9.03. The second-order valence-electron chi connectivity index (χ2n) is 9.69. The van der Waals surface area contributed by atoms with Crippen molar-refractivity contribution in [2.45, 2.75) is 0 Å². The van der Waals surface area contributed by atoms with Gasteiger partial charge in [0.1, 0.15) is 22.3 Å². The van der Waals surface area contributed by atoms with Crippen LogP contribution >= 0.6 is 0 Å². The molecule has 0 aliphatic heterocycles. The normalized spacial score (nSPS) is 11.5. The van der Waals surface area contributed by atoms with Gasteiger partial charge >= 0.3 is 0 Å². The Labute approximate surface area is 229 Å². The van der Waals surface area contributed by atoms with E-state index < -0.39 is 0 Å². The third kappa shape index (κ3) is 3.76. The van der Waals surface area contributed by atoms with Gasteiger partial charge in [-0.3, -0.25) is 0 Å². The van der Waals surface area contributed by atoms with Crippen LogP contribution in [0.5, 0.6) is 0 Å². The van der Waals surface area contributed by atoms with Crippen LogP contribution in [0.4, 0.5) is 0 Å². The van der Waals surface area contributed by atoms with E-state index in [4.69, 9.17) is 18.8 Å². The van der Waals surface area contributed by atoms with Crippen LogP contribution in [-0.4, -0.2) is 15.0 Å². The summed E-state index contributed by atoms with van der Waals surface area (Å²) in [6.45, 7) is 0. The minimum absolute atomic E-state index is 0.604. The third-order valence-corrected chi connectivity index (χ3v) is 7.12. The van der Waals surface area contributed by atoms with Crippen molar-refractivity contribution >= 4 is 33.2 Å². The molecule has 40 heavy (non-hydrogen) atoms. The van der Waals surface area contributed by atoms with Gasteiger partial charge in [0.15, 0.2) is 17.0 Å². The minimum Gasteiger partial charge on any atom is -0.452 e. The molecule has 8 aromatic rings. The van der Waals surface area contributed by atoms with E-state index in [0.717, 1.165) is 61.1 Å². The van der Waals surface area contributed by atoms with Crippen LogP contribution in [0, 0.1) is 0 Å². The summed E-state index contributed by atoms with van der Waals surface area (Å²) >= 11 is 0. The summed E-state index contributed by atoms with van der Waals surface area (Å²) in [5, 5.41) is 0.973. The molecule has 0 radical (unpaired) electrons. The quantitative estimate of drug-likeness (QED) is 0.234. The van der Waals surface area contributed by atoms with Gasteiger partial charge in [-0.25, -0.2) is 15.0 Å². The molecule has 0 spiro atoms. The number of rotatable bonds is 4. The van der Waals surface area contributed by atoms with Crippen molar-refractivity contribution in [3.63, 3.8) is 0 Å². The molecule has 5 nitrogen and oxygen atoms in total. The number of benzene rings is 5. The van der Waals surface area contributed by atoms with Gasteiger partial charge in [0, 0.05) is 22.1 Å². The van der Waals surface area contributed by atoms with E-state index in [-0.39, 0.29) is 0 Å². The highest BCUT2D eigenvalue weighted by Crippen LogP contribution is 2.36. The third-order valence-electron chi connectivity index (χ3n) is 7.12. The fourth-order valence-electron chi connectivity index (χ4n) is 5.18. The van der Waals surface area contributed by atoms with Crippen molar-refractivity contribution in [1.82, 2.24) is 15.0 Å². The molecule has 0 saturated heterocycles. The number of para-hydroxylation sites is 3. The summed E-state index contributed by atoms with van der Waals surface area (Å²) < 4.78 is 12.3. The summed E-state index contributed by atoms with van der Waals surface area (Å²) in [4.78, 5) is 14.7. The van der Waals surface area contributed by atoms with Gasteiger partial charge in [-0.1, -0.05) is 84.9 Å². The van der Waals surface area contributed by atoms with Crippen molar-refractivity contribution in [2.24, 2.45) is 0 Å². The lowest BCUT2D eigenvalue weighted by Gasteiger charge is -2.08. The molecular weight excluding hydrogens is 494 g/mol.